The largest absolute Gasteiger partial charge is 0.482 e. The molecular formula is C21H20N2O5. The van der Waals surface area contributed by atoms with E-state index >= 15 is 0 Å². The molecule has 0 unspecified atom stereocenters. The normalized spacial score (nSPS) is 11.6. The van der Waals surface area contributed by atoms with Crippen LogP contribution in [0.15, 0.2) is 59.0 Å². The maximum atomic E-state index is 12.0. The van der Waals surface area contributed by atoms with Crippen molar-refractivity contribution in [1.82, 2.24) is 10.2 Å². The van der Waals surface area contributed by atoms with Crippen LogP contribution in [0.4, 0.5) is 0 Å². The maximum Gasteiger partial charge on any atom is 0.344 e. The molecule has 7 heteroatoms. The topological polar surface area (TPSA) is 91.5 Å². The molecule has 3 rings (SSSR count). The van der Waals surface area contributed by atoms with Crippen LogP contribution in [0.25, 0.3) is 11.5 Å². The molecule has 144 valence electrons. The second-order valence-electron chi connectivity index (χ2n) is 6.03. The Balaban J connectivity index is 1.52. The zero-order valence-electron chi connectivity index (χ0n) is 15.6. The molecule has 0 saturated carbocycles. The summed E-state index contributed by atoms with van der Waals surface area (Å²) in [7, 11) is 0. The van der Waals surface area contributed by atoms with Crippen molar-refractivity contribution in [3.05, 3.63) is 66.1 Å². The minimum atomic E-state index is -0.703. The number of esters is 1. The summed E-state index contributed by atoms with van der Waals surface area (Å²) < 4.78 is 16.2. The van der Waals surface area contributed by atoms with Crippen LogP contribution in [0.2, 0.25) is 0 Å². The summed E-state index contributed by atoms with van der Waals surface area (Å²) in [6.07, 6.45) is -0.267. The molecule has 0 aliphatic heterocycles. The quantitative estimate of drug-likeness (QED) is 0.431. The summed E-state index contributed by atoms with van der Waals surface area (Å²) in [6, 6.07) is 15.9. The van der Waals surface area contributed by atoms with Gasteiger partial charge in [-0.3, -0.25) is 4.79 Å². The fraction of sp³-hybridized carbons (Fsp3) is 0.238. The molecule has 0 spiro atoms. The van der Waals surface area contributed by atoms with E-state index in [4.69, 9.17) is 13.9 Å². The van der Waals surface area contributed by atoms with Crippen LogP contribution < -0.4 is 4.74 Å². The first-order chi connectivity index (χ1) is 13.6. The Labute approximate surface area is 162 Å². The predicted octanol–water partition coefficient (Wildman–Crippen LogP) is 4.01. The van der Waals surface area contributed by atoms with Gasteiger partial charge in [-0.1, -0.05) is 25.1 Å². The average molecular weight is 380 g/mol. The highest BCUT2D eigenvalue weighted by molar-refractivity contribution is 5.95. The Morgan fingerprint density at radius 1 is 1.04 bits per heavy atom. The fourth-order valence-corrected chi connectivity index (χ4v) is 2.46. The summed E-state index contributed by atoms with van der Waals surface area (Å²) >= 11 is 0. The van der Waals surface area contributed by atoms with Crippen LogP contribution in [-0.4, -0.2) is 28.6 Å². The molecule has 28 heavy (non-hydrogen) atoms. The molecule has 1 atom stereocenters. The van der Waals surface area contributed by atoms with Crippen LogP contribution in [-0.2, 0) is 9.53 Å². The maximum absolute atomic E-state index is 12.0. The number of hydrogen-bond acceptors (Lipinski definition) is 7. The van der Waals surface area contributed by atoms with E-state index in [0.717, 1.165) is 5.56 Å². The first-order valence-electron chi connectivity index (χ1n) is 8.91. The standard InChI is InChI=1S/C21H20N2O5/c1-3-18(24)15-9-11-17(12-10-15)26-13-19(25)27-14(2)20-22-23-21(28-20)16-7-5-4-6-8-16/h4-12,14H,3,13H2,1-2H3/t14-/m1/s1. The van der Waals surface area contributed by atoms with E-state index in [2.05, 4.69) is 10.2 Å². The zero-order chi connectivity index (χ0) is 19.9. The molecule has 0 bridgehead atoms. The van der Waals surface area contributed by atoms with Crippen LogP contribution in [0.3, 0.4) is 0 Å². The number of aromatic nitrogens is 2. The van der Waals surface area contributed by atoms with Crippen molar-refractivity contribution in [2.75, 3.05) is 6.61 Å². The summed E-state index contributed by atoms with van der Waals surface area (Å²) in [5.41, 5.74) is 1.39. The highest BCUT2D eigenvalue weighted by atomic mass is 16.6. The number of benzene rings is 2. The van der Waals surface area contributed by atoms with Crippen LogP contribution in [0.1, 0.15) is 42.6 Å². The molecule has 1 heterocycles. The molecule has 1 aromatic heterocycles. The van der Waals surface area contributed by atoms with Crippen molar-refractivity contribution in [1.29, 1.82) is 0 Å². The van der Waals surface area contributed by atoms with E-state index < -0.39 is 12.1 Å². The van der Waals surface area contributed by atoms with Gasteiger partial charge in [0.05, 0.1) is 0 Å². The molecule has 0 aliphatic carbocycles. The summed E-state index contributed by atoms with van der Waals surface area (Å²) in [5.74, 6) is 0.516. The lowest BCUT2D eigenvalue weighted by Gasteiger charge is -2.10. The fourth-order valence-electron chi connectivity index (χ4n) is 2.46. The Hall–Kier alpha value is -3.48. The Kier molecular flexibility index (Phi) is 6.16. The SMILES string of the molecule is CCC(=O)c1ccc(OCC(=O)O[C@H](C)c2nnc(-c3ccccc3)o2)cc1. The Morgan fingerprint density at radius 3 is 2.43 bits per heavy atom. The number of ether oxygens (including phenoxy) is 2. The third-order valence-electron chi connectivity index (χ3n) is 3.97. The Morgan fingerprint density at radius 2 is 1.75 bits per heavy atom. The number of ketones is 1. The number of Topliss-reactive ketones (excluding diaryl/α,β-unsaturated/α-hetero) is 1. The third-order valence-corrected chi connectivity index (χ3v) is 3.97. The van der Waals surface area contributed by atoms with Crippen LogP contribution in [0, 0.1) is 0 Å². The van der Waals surface area contributed by atoms with Crippen molar-refractivity contribution in [3.8, 4) is 17.2 Å². The highest BCUT2D eigenvalue weighted by Gasteiger charge is 2.19. The van der Waals surface area contributed by atoms with E-state index in [1.807, 2.05) is 30.3 Å². The van der Waals surface area contributed by atoms with E-state index in [0.29, 0.717) is 23.6 Å². The van der Waals surface area contributed by atoms with Crippen molar-refractivity contribution in [3.63, 3.8) is 0 Å². The van der Waals surface area contributed by atoms with E-state index in [1.54, 1.807) is 38.1 Å². The van der Waals surface area contributed by atoms with E-state index in [9.17, 15) is 9.59 Å². The van der Waals surface area contributed by atoms with Gasteiger partial charge in [0.1, 0.15) is 5.75 Å². The van der Waals surface area contributed by atoms with E-state index in [-0.39, 0.29) is 18.3 Å². The molecule has 7 nitrogen and oxygen atoms in total. The number of carbonyl (C=O) groups is 2. The van der Waals surface area contributed by atoms with Gasteiger partial charge < -0.3 is 13.9 Å². The second-order valence-corrected chi connectivity index (χ2v) is 6.03. The molecule has 3 aromatic rings. The van der Waals surface area contributed by atoms with Gasteiger partial charge in [0.2, 0.25) is 5.89 Å². The van der Waals surface area contributed by atoms with Gasteiger partial charge >= 0.3 is 5.97 Å². The predicted molar refractivity (Wildman–Crippen MR) is 101 cm³/mol. The van der Waals surface area contributed by atoms with Crippen LogP contribution >= 0.6 is 0 Å². The van der Waals surface area contributed by atoms with Crippen molar-refractivity contribution in [2.24, 2.45) is 0 Å². The smallest absolute Gasteiger partial charge is 0.344 e. The molecule has 0 saturated heterocycles. The van der Waals surface area contributed by atoms with Gasteiger partial charge in [-0.05, 0) is 43.3 Å². The molecule has 0 N–H and O–H groups in total. The zero-order valence-corrected chi connectivity index (χ0v) is 15.6. The number of hydrogen-bond donors (Lipinski definition) is 0. The third kappa shape index (κ3) is 4.82. The summed E-state index contributed by atoms with van der Waals surface area (Å²) in [5, 5.41) is 7.90. The number of carbonyl (C=O) groups excluding carboxylic acids is 2. The van der Waals surface area contributed by atoms with Gasteiger partial charge in [-0.2, -0.15) is 0 Å². The van der Waals surface area contributed by atoms with Gasteiger partial charge in [-0.15, -0.1) is 10.2 Å². The molecule has 2 aromatic carbocycles. The second kappa shape index (κ2) is 8.94. The minimum Gasteiger partial charge on any atom is -0.482 e. The number of rotatable bonds is 8. The molecular weight excluding hydrogens is 360 g/mol. The van der Waals surface area contributed by atoms with Gasteiger partial charge in [0.15, 0.2) is 18.5 Å². The van der Waals surface area contributed by atoms with Crippen molar-refractivity contribution in [2.45, 2.75) is 26.4 Å². The van der Waals surface area contributed by atoms with Crippen molar-refractivity contribution < 1.29 is 23.5 Å². The summed E-state index contributed by atoms with van der Waals surface area (Å²) in [6.45, 7) is 3.17. The van der Waals surface area contributed by atoms with Gasteiger partial charge in [-0.25, -0.2) is 4.79 Å². The molecule has 0 fully saturated rings. The Bertz CT molecular complexity index is 935. The molecule has 0 aliphatic rings. The summed E-state index contributed by atoms with van der Waals surface area (Å²) in [4.78, 5) is 23.6. The van der Waals surface area contributed by atoms with Gasteiger partial charge in [0.25, 0.3) is 5.89 Å². The first-order valence-corrected chi connectivity index (χ1v) is 8.91. The van der Waals surface area contributed by atoms with E-state index in [1.165, 1.54) is 0 Å². The van der Waals surface area contributed by atoms with Crippen LogP contribution in [0.5, 0.6) is 5.75 Å². The monoisotopic (exact) mass is 380 g/mol. The first kappa shape index (κ1) is 19.3. The lowest BCUT2D eigenvalue weighted by Crippen LogP contribution is -2.17. The lowest BCUT2D eigenvalue weighted by atomic mass is 10.1. The molecule has 0 amide bonds. The number of nitrogens with zero attached hydrogens (tertiary/aromatic N) is 2. The minimum absolute atomic E-state index is 0.0502. The highest BCUT2D eigenvalue weighted by Crippen LogP contribution is 2.22. The van der Waals surface area contributed by atoms with Gasteiger partial charge in [0, 0.05) is 17.5 Å². The lowest BCUT2D eigenvalue weighted by molar-refractivity contribution is -0.152. The van der Waals surface area contributed by atoms with Crippen molar-refractivity contribution >= 4 is 11.8 Å². The average Bonchev–Trinajstić information content (AvgIpc) is 3.23. The molecule has 0 radical (unpaired) electrons.